The fourth-order valence-corrected chi connectivity index (χ4v) is 3.61. The number of furan rings is 1. The number of hydrogen-bond donors (Lipinski definition) is 1. The number of fused-ring (bicyclic) bond motifs is 1. The Balaban J connectivity index is 1.62. The molecule has 0 atom stereocenters. The Bertz CT molecular complexity index is 873. The van der Waals surface area contributed by atoms with Gasteiger partial charge in [-0.05, 0) is 30.5 Å². The standard InChI is InChI=1S/C20H21FN2O2/c21-15-8-6-14(7-9-15)13-23-17-10-11-25-19(17)12-18(23)20(24)22-16-4-2-1-3-5-16/h6-12,16H,1-5,13H2,(H,22,24). The largest absolute Gasteiger partial charge is 0.463 e. The number of carbonyl (C=O) groups is 1. The maximum absolute atomic E-state index is 13.2. The summed E-state index contributed by atoms with van der Waals surface area (Å²) in [6, 6.07) is 10.3. The van der Waals surface area contributed by atoms with Crippen LogP contribution in [0.3, 0.4) is 0 Å². The number of benzene rings is 1. The van der Waals surface area contributed by atoms with Crippen LogP contribution in [0.25, 0.3) is 11.1 Å². The molecule has 4 rings (SSSR count). The molecule has 3 aromatic rings. The Labute approximate surface area is 145 Å². The molecule has 0 unspecified atom stereocenters. The zero-order chi connectivity index (χ0) is 17.2. The molecular weight excluding hydrogens is 319 g/mol. The van der Waals surface area contributed by atoms with Crippen LogP contribution in [0.1, 0.15) is 48.2 Å². The first-order chi connectivity index (χ1) is 12.2. The minimum absolute atomic E-state index is 0.0691. The molecule has 1 N–H and O–H groups in total. The van der Waals surface area contributed by atoms with Crippen LogP contribution in [-0.2, 0) is 6.54 Å². The van der Waals surface area contributed by atoms with Gasteiger partial charge in [0.1, 0.15) is 11.5 Å². The second-order valence-corrected chi connectivity index (χ2v) is 6.72. The van der Waals surface area contributed by atoms with Crippen molar-refractivity contribution in [2.45, 2.75) is 44.7 Å². The van der Waals surface area contributed by atoms with E-state index in [1.807, 2.05) is 10.6 Å². The van der Waals surface area contributed by atoms with E-state index in [0.717, 1.165) is 23.9 Å². The van der Waals surface area contributed by atoms with Crippen molar-refractivity contribution < 1.29 is 13.6 Å². The lowest BCUT2D eigenvalue weighted by molar-refractivity contribution is 0.0919. The average molecular weight is 340 g/mol. The summed E-state index contributed by atoms with van der Waals surface area (Å²) < 4.78 is 20.6. The van der Waals surface area contributed by atoms with E-state index in [2.05, 4.69) is 5.32 Å². The smallest absolute Gasteiger partial charge is 0.268 e. The number of carbonyl (C=O) groups excluding carboxylic acids is 1. The summed E-state index contributed by atoms with van der Waals surface area (Å²) in [7, 11) is 0. The van der Waals surface area contributed by atoms with Crippen LogP contribution in [0.2, 0.25) is 0 Å². The summed E-state index contributed by atoms with van der Waals surface area (Å²) >= 11 is 0. The van der Waals surface area contributed by atoms with Gasteiger partial charge in [0.2, 0.25) is 0 Å². The topological polar surface area (TPSA) is 47.2 Å². The molecule has 4 nitrogen and oxygen atoms in total. The molecule has 130 valence electrons. The first kappa shape index (κ1) is 15.9. The van der Waals surface area contributed by atoms with E-state index in [9.17, 15) is 9.18 Å². The van der Waals surface area contributed by atoms with Crippen LogP contribution in [0.4, 0.5) is 4.39 Å². The molecule has 0 radical (unpaired) electrons. The van der Waals surface area contributed by atoms with Crippen molar-refractivity contribution in [2.75, 3.05) is 0 Å². The van der Waals surface area contributed by atoms with Crippen molar-refractivity contribution >= 4 is 17.0 Å². The highest BCUT2D eigenvalue weighted by Crippen LogP contribution is 2.24. The average Bonchev–Trinajstić information content (AvgIpc) is 3.20. The lowest BCUT2D eigenvalue weighted by atomic mass is 9.95. The number of aromatic nitrogens is 1. The molecule has 25 heavy (non-hydrogen) atoms. The van der Waals surface area contributed by atoms with Gasteiger partial charge in [-0.2, -0.15) is 0 Å². The Hall–Kier alpha value is -2.56. The molecule has 0 spiro atoms. The van der Waals surface area contributed by atoms with Crippen molar-refractivity contribution in [2.24, 2.45) is 0 Å². The molecule has 0 bridgehead atoms. The highest BCUT2D eigenvalue weighted by atomic mass is 19.1. The van der Waals surface area contributed by atoms with E-state index in [1.165, 1.54) is 31.4 Å². The Morgan fingerprint density at radius 3 is 2.68 bits per heavy atom. The van der Waals surface area contributed by atoms with Gasteiger partial charge in [0, 0.05) is 24.7 Å². The normalized spacial score (nSPS) is 15.6. The van der Waals surface area contributed by atoms with Gasteiger partial charge in [-0.15, -0.1) is 0 Å². The summed E-state index contributed by atoms with van der Waals surface area (Å²) in [5.41, 5.74) is 3.09. The summed E-state index contributed by atoms with van der Waals surface area (Å²) in [6.07, 6.45) is 7.30. The molecule has 1 aliphatic rings. The maximum Gasteiger partial charge on any atom is 0.268 e. The van der Waals surface area contributed by atoms with Gasteiger partial charge in [0.15, 0.2) is 5.58 Å². The Morgan fingerprint density at radius 2 is 1.92 bits per heavy atom. The highest BCUT2D eigenvalue weighted by molar-refractivity contribution is 5.97. The van der Waals surface area contributed by atoms with E-state index < -0.39 is 0 Å². The van der Waals surface area contributed by atoms with Gasteiger partial charge >= 0.3 is 0 Å². The molecular formula is C20H21FN2O2. The molecule has 2 heterocycles. The molecule has 1 saturated carbocycles. The van der Waals surface area contributed by atoms with Crippen molar-refractivity contribution in [3.05, 3.63) is 59.7 Å². The monoisotopic (exact) mass is 340 g/mol. The Morgan fingerprint density at radius 1 is 1.16 bits per heavy atom. The zero-order valence-corrected chi connectivity index (χ0v) is 14.0. The third-order valence-corrected chi connectivity index (χ3v) is 4.95. The zero-order valence-electron chi connectivity index (χ0n) is 14.0. The van der Waals surface area contributed by atoms with Crippen molar-refractivity contribution in [3.8, 4) is 0 Å². The number of nitrogens with zero attached hydrogens (tertiary/aromatic N) is 1. The summed E-state index contributed by atoms with van der Waals surface area (Å²) in [4.78, 5) is 12.8. The third kappa shape index (κ3) is 3.31. The predicted molar refractivity (Wildman–Crippen MR) is 94.0 cm³/mol. The maximum atomic E-state index is 13.2. The lowest BCUT2D eigenvalue weighted by Gasteiger charge is -2.23. The SMILES string of the molecule is O=C(NC1CCCCC1)c1cc2occc2n1Cc1ccc(F)cc1. The fraction of sp³-hybridized carbons (Fsp3) is 0.350. The van der Waals surface area contributed by atoms with Crippen LogP contribution in [0.15, 0.2) is 47.1 Å². The van der Waals surface area contributed by atoms with Crippen molar-refractivity contribution in [1.82, 2.24) is 9.88 Å². The van der Waals surface area contributed by atoms with Gasteiger partial charge in [-0.3, -0.25) is 4.79 Å². The number of amides is 1. The van der Waals surface area contributed by atoms with Crippen LogP contribution < -0.4 is 5.32 Å². The van der Waals surface area contributed by atoms with Crippen LogP contribution in [-0.4, -0.2) is 16.5 Å². The quantitative estimate of drug-likeness (QED) is 0.761. The summed E-state index contributed by atoms with van der Waals surface area (Å²) in [5, 5.41) is 3.16. The highest BCUT2D eigenvalue weighted by Gasteiger charge is 2.21. The van der Waals surface area contributed by atoms with Crippen LogP contribution in [0.5, 0.6) is 0 Å². The number of halogens is 1. The number of hydrogen-bond acceptors (Lipinski definition) is 2. The van der Waals surface area contributed by atoms with E-state index in [4.69, 9.17) is 4.42 Å². The molecule has 1 aromatic carbocycles. The third-order valence-electron chi connectivity index (χ3n) is 4.95. The molecule has 1 amide bonds. The summed E-state index contributed by atoms with van der Waals surface area (Å²) in [5.74, 6) is -0.333. The molecule has 2 aromatic heterocycles. The van der Waals surface area contributed by atoms with Gasteiger partial charge in [-0.1, -0.05) is 31.4 Å². The number of rotatable bonds is 4. The molecule has 0 aliphatic heterocycles. The second kappa shape index (κ2) is 6.75. The number of nitrogens with one attached hydrogen (secondary N) is 1. The predicted octanol–water partition coefficient (Wildman–Crippen LogP) is 4.48. The van der Waals surface area contributed by atoms with Gasteiger partial charge in [0.25, 0.3) is 5.91 Å². The van der Waals surface area contributed by atoms with E-state index in [0.29, 0.717) is 17.8 Å². The van der Waals surface area contributed by atoms with Gasteiger partial charge in [-0.25, -0.2) is 4.39 Å². The van der Waals surface area contributed by atoms with Crippen molar-refractivity contribution in [3.63, 3.8) is 0 Å². The van der Waals surface area contributed by atoms with E-state index in [-0.39, 0.29) is 17.8 Å². The lowest BCUT2D eigenvalue weighted by Crippen LogP contribution is -2.37. The first-order valence-electron chi connectivity index (χ1n) is 8.83. The van der Waals surface area contributed by atoms with E-state index >= 15 is 0 Å². The minimum atomic E-state index is -0.264. The van der Waals surface area contributed by atoms with Crippen LogP contribution >= 0.6 is 0 Å². The molecule has 1 aliphatic carbocycles. The van der Waals surface area contributed by atoms with Gasteiger partial charge in [0.05, 0.1) is 11.8 Å². The van der Waals surface area contributed by atoms with Crippen molar-refractivity contribution in [1.29, 1.82) is 0 Å². The van der Waals surface area contributed by atoms with Crippen LogP contribution in [0, 0.1) is 5.82 Å². The molecule has 0 saturated heterocycles. The molecule has 1 fully saturated rings. The molecule has 5 heteroatoms. The van der Waals surface area contributed by atoms with E-state index in [1.54, 1.807) is 24.5 Å². The Kier molecular flexibility index (Phi) is 4.30. The second-order valence-electron chi connectivity index (χ2n) is 6.72. The minimum Gasteiger partial charge on any atom is -0.463 e. The fourth-order valence-electron chi connectivity index (χ4n) is 3.61. The summed E-state index contributed by atoms with van der Waals surface area (Å²) in [6.45, 7) is 0.497. The first-order valence-corrected chi connectivity index (χ1v) is 8.83. The van der Waals surface area contributed by atoms with Gasteiger partial charge < -0.3 is 14.3 Å².